The molecule has 204 valence electrons. The van der Waals surface area contributed by atoms with Gasteiger partial charge >= 0.3 is 0 Å². The summed E-state index contributed by atoms with van der Waals surface area (Å²) >= 11 is 3.18. The second kappa shape index (κ2) is 9.06. The minimum absolute atomic E-state index is 0.200. The number of nitrogens with zero attached hydrogens (tertiary/aromatic N) is 2. The molecule has 2 aromatic carbocycles. The zero-order chi connectivity index (χ0) is 28.6. The predicted molar refractivity (Wildman–Crippen MR) is 164 cm³/mol. The molecule has 38 heavy (non-hydrogen) atoms. The van der Waals surface area contributed by atoms with Crippen molar-refractivity contribution >= 4 is 32.3 Å². The van der Waals surface area contributed by atoms with Gasteiger partial charge < -0.3 is 10.2 Å². The van der Waals surface area contributed by atoms with Crippen molar-refractivity contribution in [3.8, 4) is 32.6 Å². The lowest BCUT2D eigenvalue weighted by Gasteiger charge is -2.28. The lowest BCUT2D eigenvalue weighted by atomic mass is 9.78. The normalized spacial score (nSPS) is 13.5. The Kier molecular flexibility index (Phi) is 6.81. The minimum atomic E-state index is -0.200. The monoisotopic (exact) mass is 550 g/mol. The predicted octanol–water partition coefficient (Wildman–Crippen LogP) is 9.69. The highest BCUT2D eigenvalue weighted by Crippen LogP contribution is 2.46. The topological polar surface area (TPSA) is 66.2 Å². The number of benzene rings is 2. The van der Waals surface area contributed by atoms with Gasteiger partial charge in [0.25, 0.3) is 0 Å². The van der Waals surface area contributed by atoms with Crippen molar-refractivity contribution in [2.24, 2.45) is 0 Å². The minimum Gasteiger partial charge on any atom is -0.507 e. The molecular formula is C32H42N2O2S2. The molecule has 0 amide bonds. The molecule has 0 fully saturated rings. The summed E-state index contributed by atoms with van der Waals surface area (Å²) in [5.74, 6) is 0.758. The molecular weight excluding hydrogens is 508 g/mol. The maximum Gasteiger partial charge on any atom is 0.155 e. The van der Waals surface area contributed by atoms with Crippen LogP contribution in [0.3, 0.4) is 0 Å². The molecule has 4 aromatic rings. The summed E-state index contributed by atoms with van der Waals surface area (Å²) in [6.07, 6.45) is 0. The van der Waals surface area contributed by atoms with Crippen LogP contribution >= 0.6 is 22.7 Å². The number of phenols is 2. The number of aromatic hydroxyl groups is 2. The van der Waals surface area contributed by atoms with E-state index < -0.39 is 0 Å². The molecule has 0 radical (unpaired) electrons. The molecule has 6 heteroatoms. The first-order valence-corrected chi connectivity index (χ1v) is 14.9. The fraction of sp³-hybridized carbons (Fsp3) is 0.500. The third kappa shape index (κ3) is 5.35. The van der Waals surface area contributed by atoms with Crippen LogP contribution in [0.1, 0.15) is 105 Å². The van der Waals surface area contributed by atoms with Crippen molar-refractivity contribution in [1.29, 1.82) is 0 Å². The van der Waals surface area contributed by atoms with Crippen LogP contribution in [0.25, 0.3) is 30.8 Å². The molecule has 0 aliphatic carbocycles. The zero-order valence-electron chi connectivity index (χ0n) is 24.9. The summed E-state index contributed by atoms with van der Waals surface area (Å²) in [6, 6.07) is 8.33. The molecule has 0 aliphatic heterocycles. The van der Waals surface area contributed by atoms with Gasteiger partial charge in [-0.15, -0.1) is 0 Å². The van der Waals surface area contributed by atoms with Gasteiger partial charge in [-0.3, -0.25) is 0 Å². The quantitative estimate of drug-likeness (QED) is 0.261. The van der Waals surface area contributed by atoms with E-state index in [2.05, 4.69) is 107 Å². The molecule has 0 bridgehead atoms. The fourth-order valence-corrected chi connectivity index (χ4v) is 6.71. The van der Waals surface area contributed by atoms with Crippen molar-refractivity contribution in [3.63, 3.8) is 0 Å². The van der Waals surface area contributed by atoms with Crippen molar-refractivity contribution in [2.45, 2.75) is 105 Å². The number of hydrogen-bond donors (Lipinski definition) is 2. The second-order valence-electron chi connectivity index (χ2n) is 14.5. The third-order valence-corrected chi connectivity index (χ3v) is 9.05. The van der Waals surface area contributed by atoms with Crippen molar-refractivity contribution in [2.75, 3.05) is 0 Å². The van der Waals surface area contributed by atoms with Crippen LogP contribution in [0.5, 0.6) is 11.5 Å². The van der Waals surface area contributed by atoms with Crippen LogP contribution in [-0.2, 0) is 21.7 Å². The Hall–Kier alpha value is -2.44. The first-order valence-electron chi connectivity index (χ1n) is 13.2. The van der Waals surface area contributed by atoms with Crippen LogP contribution < -0.4 is 0 Å². The van der Waals surface area contributed by atoms with Crippen LogP contribution in [0.4, 0.5) is 0 Å². The molecule has 0 saturated heterocycles. The molecule has 0 saturated carbocycles. The molecule has 0 unspecified atom stereocenters. The van der Waals surface area contributed by atoms with Gasteiger partial charge in [-0.05, 0) is 45.9 Å². The number of fused-ring (bicyclic) bond motifs is 1. The summed E-state index contributed by atoms with van der Waals surface area (Å²) in [4.78, 5) is 11.8. The Morgan fingerprint density at radius 2 is 0.711 bits per heavy atom. The van der Waals surface area contributed by atoms with E-state index in [-0.39, 0.29) is 21.7 Å². The molecule has 2 N–H and O–H groups in total. The summed E-state index contributed by atoms with van der Waals surface area (Å²) in [5, 5.41) is 24.1. The van der Waals surface area contributed by atoms with E-state index in [0.717, 1.165) is 53.1 Å². The van der Waals surface area contributed by atoms with E-state index in [1.165, 1.54) is 0 Å². The fourth-order valence-electron chi connectivity index (χ4n) is 4.69. The van der Waals surface area contributed by atoms with Gasteiger partial charge in [-0.25, -0.2) is 9.97 Å². The van der Waals surface area contributed by atoms with E-state index >= 15 is 0 Å². The van der Waals surface area contributed by atoms with Gasteiger partial charge in [0, 0.05) is 33.4 Å². The van der Waals surface area contributed by atoms with Gasteiger partial charge in [0.1, 0.15) is 21.5 Å². The molecule has 0 spiro atoms. The number of phenolic OH excluding ortho intramolecular Hbond substituents is 2. The number of hydrogen-bond acceptors (Lipinski definition) is 6. The zero-order valence-corrected chi connectivity index (χ0v) is 26.5. The van der Waals surface area contributed by atoms with Crippen LogP contribution in [0, 0.1) is 0 Å². The SMILES string of the molecule is CC(C)(C)c1cc(-c2nc3sc(-c4cc(C(C)(C)C)c(O)c(C(C)(C)C)c4)nc3s2)cc(C(C)(C)C)c1O. The first kappa shape index (κ1) is 28.6. The van der Waals surface area contributed by atoms with Crippen molar-refractivity contribution in [3.05, 3.63) is 46.5 Å². The smallest absolute Gasteiger partial charge is 0.155 e. The van der Waals surface area contributed by atoms with E-state index in [4.69, 9.17) is 9.97 Å². The molecule has 2 aromatic heterocycles. The molecule has 4 nitrogen and oxygen atoms in total. The number of thiazole rings is 2. The number of aromatic nitrogens is 2. The van der Waals surface area contributed by atoms with Crippen molar-refractivity contribution in [1.82, 2.24) is 9.97 Å². The van der Waals surface area contributed by atoms with Gasteiger partial charge in [0.2, 0.25) is 0 Å². The molecule has 4 rings (SSSR count). The van der Waals surface area contributed by atoms with E-state index in [1.807, 2.05) is 0 Å². The first-order chi connectivity index (χ1) is 17.2. The van der Waals surface area contributed by atoms with E-state index in [1.54, 1.807) is 22.7 Å². The van der Waals surface area contributed by atoms with Crippen LogP contribution in [0.2, 0.25) is 0 Å². The Balaban J connectivity index is 1.85. The highest BCUT2D eigenvalue weighted by atomic mass is 32.1. The maximum absolute atomic E-state index is 11.1. The lowest BCUT2D eigenvalue weighted by Crippen LogP contribution is -2.17. The lowest BCUT2D eigenvalue weighted by molar-refractivity contribution is 0.422. The Bertz CT molecular complexity index is 1300. The van der Waals surface area contributed by atoms with E-state index in [9.17, 15) is 10.2 Å². The highest BCUT2D eigenvalue weighted by molar-refractivity contribution is 7.29. The molecule has 0 aliphatic rings. The Morgan fingerprint density at radius 3 is 0.921 bits per heavy atom. The van der Waals surface area contributed by atoms with Crippen LogP contribution in [-0.4, -0.2) is 20.2 Å². The second-order valence-corrected chi connectivity index (χ2v) is 16.4. The Morgan fingerprint density at radius 1 is 0.474 bits per heavy atom. The Labute approximate surface area is 235 Å². The van der Waals surface area contributed by atoms with Crippen molar-refractivity contribution < 1.29 is 10.2 Å². The highest BCUT2D eigenvalue weighted by Gasteiger charge is 2.29. The number of rotatable bonds is 2. The van der Waals surface area contributed by atoms with Crippen LogP contribution in [0.15, 0.2) is 24.3 Å². The maximum atomic E-state index is 11.1. The standard InChI is InChI=1S/C32H42N2O2S2/c1-29(2,3)19-13-17(14-20(23(19)35)30(4,5)6)25-33-27-28(37-25)34-26(38-27)18-15-21(31(7,8)9)24(36)22(16-18)32(10,11)12/h13-16,35-36H,1-12H3. The third-order valence-electron chi connectivity index (χ3n) is 6.92. The van der Waals surface area contributed by atoms with Gasteiger partial charge in [0.15, 0.2) is 9.66 Å². The van der Waals surface area contributed by atoms with Gasteiger partial charge in [-0.1, -0.05) is 106 Å². The summed E-state index contributed by atoms with van der Waals surface area (Å²) in [7, 11) is 0. The summed E-state index contributed by atoms with van der Waals surface area (Å²) in [6.45, 7) is 25.5. The summed E-state index contributed by atoms with van der Waals surface area (Å²) in [5.41, 5.74) is 4.96. The van der Waals surface area contributed by atoms with Gasteiger partial charge in [-0.2, -0.15) is 0 Å². The average Bonchev–Trinajstić information content (AvgIpc) is 3.30. The average molecular weight is 551 g/mol. The summed E-state index contributed by atoms with van der Waals surface area (Å²) < 4.78 is 0. The molecule has 2 heterocycles. The van der Waals surface area contributed by atoms with E-state index in [0.29, 0.717) is 11.5 Å². The van der Waals surface area contributed by atoms with Gasteiger partial charge in [0.05, 0.1) is 0 Å². The largest absolute Gasteiger partial charge is 0.507 e. The molecule has 0 atom stereocenters.